The number of nitrogens with two attached hydrogens (primary N) is 2. The van der Waals surface area contributed by atoms with Crippen LogP contribution in [0.25, 0.3) is 0 Å². The molecule has 1 aromatic rings. The fourth-order valence-corrected chi connectivity index (χ4v) is 3.68. The van der Waals surface area contributed by atoms with Crippen LogP contribution >= 0.6 is 0 Å². The molecule has 32 heavy (non-hydrogen) atoms. The van der Waals surface area contributed by atoms with Crippen molar-refractivity contribution in [1.82, 2.24) is 9.55 Å². The number of anilines is 1. The Hall–Kier alpha value is -2.91. The van der Waals surface area contributed by atoms with Crippen LogP contribution in [0.15, 0.2) is 17.1 Å². The number of aromatic nitrogens is 2. The predicted molar refractivity (Wildman–Crippen MR) is 105 cm³/mol. The van der Waals surface area contributed by atoms with E-state index in [-0.39, 0.29) is 24.9 Å². The number of rotatable bonds is 9. The van der Waals surface area contributed by atoms with Gasteiger partial charge >= 0.3 is 17.6 Å². The summed E-state index contributed by atoms with van der Waals surface area (Å²) in [6.07, 6.45) is -1.56. The number of carbonyl (C=O) groups excluding carboxylic acids is 2. The number of aliphatic hydroxyl groups is 2. The molecule has 7 atom stereocenters. The first-order valence-corrected chi connectivity index (χ1v) is 9.81. The molecule has 2 fully saturated rings. The van der Waals surface area contributed by atoms with Gasteiger partial charge in [0.25, 0.3) is 0 Å². The number of aliphatic carboxylic acids is 1. The number of hydrogen-bond donors (Lipinski definition) is 6. The van der Waals surface area contributed by atoms with E-state index in [1.54, 1.807) is 6.92 Å². The van der Waals surface area contributed by atoms with Crippen LogP contribution < -0.4 is 22.5 Å². The van der Waals surface area contributed by atoms with E-state index in [4.69, 9.17) is 26.0 Å². The highest BCUT2D eigenvalue weighted by molar-refractivity contribution is 5.95. The summed E-state index contributed by atoms with van der Waals surface area (Å²) in [6, 6.07) is -1.40. The summed E-state index contributed by atoms with van der Waals surface area (Å²) >= 11 is 0. The second kappa shape index (κ2) is 8.91. The topological polar surface area (TPSA) is 229 Å². The number of nitrogens with zero attached hydrogens (tertiary/aromatic N) is 2. The van der Waals surface area contributed by atoms with E-state index in [1.165, 1.54) is 12.3 Å². The lowest BCUT2D eigenvalue weighted by molar-refractivity contribution is -0.176. The Bertz CT molecular complexity index is 966. The summed E-state index contributed by atoms with van der Waals surface area (Å²) in [6.45, 7) is 1.35. The number of esters is 1. The maximum Gasteiger partial charge on any atom is 0.349 e. The summed E-state index contributed by atoms with van der Waals surface area (Å²) in [7, 11) is 0. The highest BCUT2D eigenvalue weighted by Gasteiger charge is 2.76. The van der Waals surface area contributed by atoms with Crippen LogP contribution in [0.1, 0.15) is 25.8 Å². The van der Waals surface area contributed by atoms with Crippen LogP contribution in [0.4, 0.5) is 5.82 Å². The van der Waals surface area contributed by atoms with Crippen molar-refractivity contribution >= 4 is 23.7 Å². The number of carboxylic acid groups (broad SMARTS) is 1. The Labute approximate surface area is 181 Å². The molecule has 14 nitrogen and oxygen atoms in total. The van der Waals surface area contributed by atoms with Crippen LogP contribution in [0, 0.1) is 5.92 Å². The third-order valence-corrected chi connectivity index (χ3v) is 5.23. The molecule has 0 radical (unpaired) electrons. The Morgan fingerprint density at radius 2 is 2.06 bits per heavy atom. The second-order valence-electron chi connectivity index (χ2n) is 7.93. The Kier molecular flexibility index (Phi) is 6.61. The predicted octanol–water partition coefficient (Wildman–Crippen LogP) is -3.12. The van der Waals surface area contributed by atoms with Crippen LogP contribution in [-0.4, -0.2) is 79.4 Å². The van der Waals surface area contributed by atoms with E-state index in [9.17, 15) is 29.4 Å². The van der Waals surface area contributed by atoms with Crippen LogP contribution in [0.2, 0.25) is 0 Å². The van der Waals surface area contributed by atoms with Crippen molar-refractivity contribution < 1.29 is 39.2 Å². The van der Waals surface area contributed by atoms with Gasteiger partial charge in [-0.25, -0.2) is 4.79 Å². The number of amides is 1. The van der Waals surface area contributed by atoms with Gasteiger partial charge < -0.3 is 41.6 Å². The lowest BCUT2D eigenvalue weighted by Gasteiger charge is -2.21. The highest BCUT2D eigenvalue weighted by atomic mass is 16.7. The zero-order chi connectivity index (χ0) is 23.8. The van der Waals surface area contributed by atoms with Crippen molar-refractivity contribution in [3.63, 3.8) is 0 Å². The Morgan fingerprint density at radius 3 is 2.59 bits per heavy atom. The Morgan fingerprint density at radius 1 is 1.38 bits per heavy atom. The number of carboxylic acids is 1. The quantitative estimate of drug-likeness (QED) is 0.203. The van der Waals surface area contributed by atoms with Gasteiger partial charge in [0.05, 0.1) is 30.9 Å². The summed E-state index contributed by atoms with van der Waals surface area (Å²) in [5, 5.41) is 32.0. The molecule has 1 aromatic heterocycles. The zero-order valence-electron chi connectivity index (χ0n) is 17.1. The average molecular weight is 455 g/mol. The normalized spacial score (nSPS) is 30.2. The van der Waals surface area contributed by atoms with Crippen LogP contribution in [0.3, 0.4) is 0 Å². The molecule has 3 unspecified atom stereocenters. The average Bonchev–Trinajstić information content (AvgIpc) is 3.18. The Balaban J connectivity index is 1.61. The van der Waals surface area contributed by atoms with E-state index in [1.807, 2.05) is 0 Å². The molecule has 8 N–H and O–H groups in total. The van der Waals surface area contributed by atoms with Gasteiger partial charge in [0.15, 0.2) is 5.79 Å². The van der Waals surface area contributed by atoms with Crippen LogP contribution in [0.5, 0.6) is 0 Å². The summed E-state index contributed by atoms with van der Waals surface area (Å²) in [5.74, 6) is -5.53. The molecule has 176 valence electrons. The van der Waals surface area contributed by atoms with E-state index < -0.39 is 66.0 Å². The van der Waals surface area contributed by atoms with Gasteiger partial charge in [-0.3, -0.25) is 19.0 Å². The van der Waals surface area contributed by atoms with Crippen molar-refractivity contribution in [3.8, 4) is 0 Å². The summed E-state index contributed by atoms with van der Waals surface area (Å²) in [5.41, 5.74) is 10.1. The molecule has 1 saturated heterocycles. The number of fused-ring (bicyclic) bond motifs is 1. The standard InChI is InChI=1S/C18H25N5O9/c1-7(19)4-12(26)31-6-9-14(27)13-15(18(13,30)32-9)23-3-2-10(22-17(23)29)21-16(28)8(20)5-11(24)25/h2-3,7-9,13-15,27,30H,4-6,19-20H2,1H3,(H,24,25)(H,21,22,28,29)/t7-,8+,9-,13?,14?,15+,18?/m1/s1. The van der Waals surface area contributed by atoms with E-state index in [0.29, 0.717) is 0 Å². The minimum atomic E-state index is -1.85. The first-order valence-electron chi connectivity index (χ1n) is 9.81. The van der Waals surface area contributed by atoms with Crippen molar-refractivity contribution in [1.29, 1.82) is 0 Å². The van der Waals surface area contributed by atoms with Gasteiger partial charge in [-0.2, -0.15) is 4.98 Å². The molecule has 0 spiro atoms. The minimum Gasteiger partial charge on any atom is -0.481 e. The van der Waals surface area contributed by atoms with Gasteiger partial charge in [0.2, 0.25) is 5.91 Å². The highest BCUT2D eigenvalue weighted by Crippen LogP contribution is 2.62. The van der Waals surface area contributed by atoms with Gasteiger partial charge in [-0.05, 0) is 13.0 Å². The molecule has 1 aliphatic heterocycles. The minimum absolute atomic E-state index is 0.00963. The smallest absolute Gasteiger partial charge is 0.349 e. The van der Waals surface area contributed by atoms with Crippen LogP contribution in [-0.2, 0) is 23.9 Å². The molecule has 1 amide bonds. The third kappa shape index (κ3) is 4.78. The summed E-state index contributed by atoms with van der Waals surface area (Å²) < 4.78 is 11.5. The third-order valence-electron chi connectivity index (χ3n) is 5.23. The molecule has 3 rings (SSSR count). The summed E-state index contributed by atoms with van der Waals surface area (Å²) in [4.78, 5) is 50.1. The number of ether oxygens (including phenoxy) is 2. The lowest BCUT2D eigenvalue weighted by atomic mass is 10.1. The van der Waals surface area contributed by atoms with E-state index in [2.05, 4.69) is 10.3 Å². The fourth-order valence-electron chi connectivity index (χ4n) is 3.68. The van der Waals surface area contributed by atoms with E-state index >= 15 is 0 Å². The van der Waals surface area contributed by atoms with Gasteiger partial charge in [0.1, 0.15) is 24.6 Å². The number of nitrogens with one attached hydrogen (secondary N) is 1. The lowest BCUT2D eigenvalue weighted by Crippen LogP contribution is -2.39. The SMILES string of the molecule is C[C@@H](N)CC(=O)OC[C@H]1OC2(O)C(C1O)[C@@H]2n1ccc(NC(=O)[C@@H](N)CC(=O)O)nc1=O. The van der Waals surface area contributed by atoms with E-state index in [0.717, 1.165) is 4.57 Å². The molecular formula is C18H25N5O9. The molecule has 1 aliphatic carbocycles. The largest absolute Gasteiger partial charge is 0.481 e. The van der Waals surface area contributed by atoms with Crippen molar-refractivity contribution in [2.75, 3.05) is 11.9 Å². The zero-order valence-corrected chi connectivity index (χ0v) is 17.1. The van der Waals surface area contributed by atoms with Crippen molar-refractivity contribution in [3.05, 3.63) is 22.7 Å². The fraction of sp³-hybridized carbons (Fsp3) is 0.611. The molecule has 2 heterocycles. The van der Waals surface area contributed by atoms with Gasteiger partial charge in [0, 0.05) is 12.2 Å². The van der Waals surface area contributed by atoms with Crippen molar-refractivity contribution in [2.24, 2.45) is 17.4 Å². The first-order chi connectivity index (χ1) is 14.9. The maximum absolute atomic E-state index is 12.4. The van der Waals surface area contributed by atoms with Gasteiger partial charge in [-0.1, -0.05) is 0 Å². The molecular weight excluding hydrogens is 430 g/mol. The number of hydrogen-bond acceptors (Lipinski definition) is 11. The molecule has 14 heteroatoms. The van der Waals surface area contributed by atoms with Gasteiger partial charge in [-0.15, -0.1) is 0 Å². The number of carbonyl (C=O) groups is 3. The second-order valence-corrected chi connectivity index (χ2v) is 7.93. The monoisotopic (exact) mass is 455 g/mol. The maximum atomic E-state index is 12.4. The molecule has 1 saturated carbocycles. The molecule has 0 bridgehead atoms. The molecule has 0 aromatic carbocycles. The van der Waals surface area contributed by atoms with Crippen molar-refractivity contribution in [2.45, 2.75) is 55.9 Å². The number of aliphatic hydroxyl groups excluding tert-OH is 1. The molecule has 2 aliphatic rings. The first kappa shape index (κ1) is 23.7.